The van der Waals surface area contributed by atoms with Crippen molar-refractivity contribution in [1.29, 1.82) is 0 Å². The Kier molecular flexibility index (Phi) is 3.52. The highest BCUT2D eigenvalue weighted by Crippen LogP contribution is 2.67. The van der Waals surface area contributed by atoms with E-state index in [0.29, 0.717) is 10.8 Å². The first-order valence-electron chi connectivity index (χ1n) is 5.91. The molecule has 1 fully saturated rings. The Morgan fingerprint density at radius 2 is 1.82 bits per heavy atom. The average Bonchev–Trinajstić information content (AvgIpc) is 2.50. The van der Waals surface area contributed by atoms with E-state index in [1.165, 1.54) is 0 Å². The van der Waals surface area contributed by atoms with Crippen molar-refractivity contribution in [3.05, 3.63) is 21.0 Å². The molecule has 0 aliphatic heterocycles. The average molecular weight is 365 g/mol. The summed E-state index contributed by atoms with van der Waals surface area (Å²) in [4.78, 5) is 0. The molecule has 1 heterocycles. The summed E-state index contributed by atoms with van der Waals surface area (Å²) in [6.07, 6.45) is 0. The number of nitrogens with one attached hydrogen (secondary N) is 1. The second kappa shape index (κ2) is 4.39. The standard InChI is InChI=1S/C13H19Br2NO/c1-12(2)10(13(12,3)4)7-16-6-8-5-9(14)11(15)17-8/h5,10,16H,6-7H2,1-4H3. The maximum absolute atomic E-state index is 5.53. The van der Waals surface area contributed by atoms with Crippen LogP contribution in [0.4, 0.5) is 0 Å². The fourth-order valence-corrected chi connectivity index (χ4v) is 3.32. The number of hydrogen-bond donors (Lipinski definition) is 1. The summed E-state index contributed by atoms with van der Waals surface area (Å²) in [5, 5.41) is 3.48. The van der Waals surface area contributed by atoms with Crippen LogP contribution in [0.3, 0.4) is 0 Å². The molecule has 1 aromatic heterocycles. The van der Waals surface area contributed by atoms with Gasteiger partial charge in [0.25, 0.3) is 0 Å². The smallest absolute Gasteiger partial charge is 0.183 e. The first kappa shape index (κ1) is 13.6. The molecule has 1 aliphatic rings. The van der Waals surface area contributed by atoms with E-state index < -0.39 is 0 Å². The molecule has 2 nitrogen and oxygen atoms in total. The Balaban J connectivity index is 1.82. The minimum Gasteiger partial charge on any atom is -0.452 e. The van der Waals surface area contributed by atoms with E-state index >= 15 is 0 Å². The van der Waals surface area contributed by atoms with Crippen LogP contribution in [0.25, 0.3) is 0 Å². The second-order valence-corrected chi connectivity index (χ2v) is 7.54. The van der Waals surface area contributed by atoms with Gasteiger partial charge in [0.05, 0.1) is 11.0 Å². The molecule has 0 amide bonds. The van der Waals surface area contributed by atoms with E-state index in [1.54, 1.807) is 0 Å². The van der Waals surface area contributed by atoms with Crippen LogP contribution in [0.15, 0.2) is 19.6 Å². The number of halogens is 2. The van der Waals surface area contributed by atoms with Gasteiger partial charge in [-0.25, -0.2) is 0 Å². The maximum atomic E-state index is 5.53. The lowest BCUT2D eigenvalue weighted by molar-refractivity contribution is 0.449. The van der Waals surface area contributed by atoms with Crippen LogP contribution in [0.5, 0.6) is 0 Å². The van der Waals surface area contributed by atoms with Crippen molar-refractivity contribution in [2.45, 2.75) is 34.2 Å². The molecule has 0 spiro atoms. The lowest BCUT2D eigenvalue weighted by Gasteiger charge is -2.04. The molecule has 0 bridgehead atoms. The van der Waals surface area contributed by atoms with Gasteiger partial charge in [-0.1, -0.05) is 27.7 Å². The largest absolute Gasteiger partial charge is 0.452 e. The van der Waals surface area contributed by atoms with Gasteiger partial charge >= 0.3 is 0 Å². The quantitative estimate of drug-likeness (QED) is 0.845. The van der Waals surface area contributed by atoms with Gasteiger partial charge in [-0.3, -0.25) is 0 Å². The molecule has 96 valence electrons. The fourth-order valence-electron chi connectivity index (χ4n) is 2.66. The van der Waals surface area contributed by atoms with Crippen molar-refractivity contribution in [1.82, 2.24) is 5.32 Å². The lowest BCUT2D eigenvalue weighted by atomic mass is 10.0. The SMILES string of the molecule is CC1(C)C(CNCc2cc(Br)c(Br)o2)C1(C)C. The number of rotatable bonds is 4. The van der Waals surface area contributed by atoms with E-state index in [4.69, 9.17) is 4.42 Å². The summed E-state index contributed by atoms with van der Waals surface area (Å²) in [6, 6.07) is 2.00. The van der Waals surface area contributed by atoms with Gasteiger partial charge in [0.15, 0.2) is 4.67 Å². The van der Waals surface area contributed by atoms with Crippen molar-refractivity contribution in [2.75, 3.05) is 6.54 Å². The van der Waals surface area contributed by atoms with Crippen molar-refractivity contribution < 1.29 is 4.42 Å². The summed E-state index contributed by atoms with van der Waals surface area (Å²) in [7, 11) is 0. The number of hydrogen-bond acceptors (Lipinski definition) is 2. The van der Waals surface area contributed by atoms with Crippen LogP contribution in [0, 0.1) is 16.7 Å². The zero-order valence-electron chi connectivity index (χ0n) is 10.7. The molecule has 0 radical (unpaired) electrons. The monoisotopic (exact) mass is 363 g/mol. The van der Waals surface area contributed by atoms with Crippen LogP contribution >= 0.6 is 31.9 Å². The van der Waals surface area contributed by atoms with E-state index in [0.717, 1.165) is 33.9 Å². The van der Waals surface area contributed by atoms with Gasteiger partial charge in [0.2, 0.25) is 0 Å². The van der Waals surface area contributed by atoms with Gasteiger partial charge in [-0.2, -0.15) is 0 Å². The molecular weight excluding hydrogens is 346 g/mol. The summed E-state index contributed by atoms with van der Waals surface area (Å²) in [5.41, 5.74) is 0.897. The van der Waals surface area contributed by atoms with E-state index in [1.807, 2.05) is 6.07 Å². The topological polar surface area (TPSA) is 25.2 Å². The van der Waals surface area contributed by atoms with E-state index in [2.05, 4.69) is 64.9 Å². The van der Waals surface area contributed by atoms with Crippen molar-refractivity contribution in [3.63, 3.8) is 0 Å². The molecule has 0 aromatic carbocycles. The normalized spacial score (nSPS) is 21.8. The molecule has 0 atom stereocenters. The predicted octanol–water partition coefficient (Wildman–Crippen LogP) is 4.58. The molecule has 0 saturated heterocycles. The minimum absolute atomic E-state index is 0.449. The summed E-state index contributed by atoms with van der Waals surface area (Å²) in [5.74, 6) is 1.71. The highest BCUT2D eigenvalue weighted by atomic mass is 79.9. The van der Waals surface area contributed by atoms with Gasteiger partial charge in [-0.05, 0) is 61.2 Å². The molecule has 17 heavy (non-hydrogen) atoms. The molecule has 1 saturated carbocycles. The van der Waals surface area contributed by atoms with Gasteiger partial charge < -0.3 is 9.73 Å². The lowest BCUT2D eigenvalue weighted by Crippen LogP contribution is -2.18. The first-order chi connectivity index (χ1) is 7.76. The summed E-state index contributed by atoms with van der Waals surface area (Å²) >= 11 is 6.76. The van der Waals surface area contributed by atoms with E-state index in [9.17, 15) is 0 Å². The van der Waals surface area contributed by atoms with Crippen LogP contribution < -0.4 is 5.32 Å². The molecule has 4 heteroatoms. The van der Waals surface area contributed by atoms with Crippen LogP contribution in [-0.4, -0.2) is 6.54 Å². The maximum Gasteiger partial charge on any atom is 0.183 e. The summed E-state index contributed by atoms with van der Waals surface area (Å²) < 4.78 is 7.27. The van der Waals surface area contributed by atoms with Crippen LogP contribution in [-0.2, 0) is 6.54 Å². The van der Waals surface area contributed by atoms with Gasteiger partial charge in [-0.15, -0.1) is 0 Å². The van der Waals surface area contributed by atoms with Crippen molar-refractivity contribution in [3.8, 4) is 0 Å². The van der Waals surface area contributed by atoms with Gasteiger partial charge in [0, 0.05) is 0 Å². The zero-order chi connectivity index (χ0) is 12.8. The van der Waals surface area contributed by atoms with Crippen molar-refractivity contribution >= 4 is 31.9 Å². The molecule has 0 unspecified atom stereocenters. The fraction of sp³-hybridized carbons (Fsp3) is 0.692. The highest BCUT2D eigenvalue weighted by molar-refractivity contribution is 9.13. The molecular formula is C13H19Br2NO. The first-order valence-corrected chi connectivity index (χ1v) is 7.50. The summed E-state index contributed by atoms with van der Waals surface area (Å²) in [6.45, 7) is 11.2. The Morgan fingerprint density at radius 1 is 1.24 bits per heavy atom. The molecule has 1 aromatic rings. The molecule has 1 N–H and O–H groups in total. The van der Waals surface area contributed by atoms with Crippen LogP contribution in [0.2, 0.25) is 0 Å². The Bertz CT molecular complexity index is 390. The second-order valence-electron chi connectivity index (χ2n) is 5.96. The third-order valence-corrected chi connectivity index (χ3v) is 6.37. The molecule has 2 rings (SSSR count). The van der Waals surface area contributed by atoms with Gasteiger partial charge in [0.1, 0.15) is 5.76 Å². The minimum atomic E-state index is 0.449. The highest BCUT2D eigenvalue weighted by Gasteiger charge is 2.63. The Labute approximate surface area is 120 Å². The Hall–Kier alpha value is 0.200. The third-order valence-electron chi connectivity index (χ3n) is 4.66. The molecule has 1 aliphatic carbocycles. The third kappa shape index (κ3) is 2.36. The number of furan rings is 1. The zero-order valence-corrected chi connectivity index (χ0v) is 13.9. The van der Waals surface area contributed by atoms with E-state index in [-0.39, 0.29) is 0 Å². The van der Waals surface area contributed by atoms with Crippen molar-refractivity contribution in [2.24, 2.45) is 16.7 Å². The Morgan fingerprint density at radius 3 is 2.24 bits per heavy atom. The predicted molar refractivity (Wildman–Crippen MR) is 76.9 cm³/mol. The van der Waals surface area contributed by atoms with Crippen LogP contribution in [0.1, 0.15) is 33.5 Å².